The zero-order valence-electron chi connectivity index (χ0n) is 12.1. The Hall–Kier alpha value is -1.36. The summed E-state index contributed by atoms with van der Waals surface area (Å²) in [6.45, 7) is 3.81. The first-order valence-corrected chi connectivity index (χ1v) is 7.03. The first-order chi connectivity index (χ1) is 9.19. The lowest BCUT2D eigenvalue weighted by atomic mass is 10.2. The van der Waals surface area contributed by atoms with Crippen LogP contribution in [0.2, 0.25) is 0 Å². The molecule has 1 aliphatic carbocycles. The van der Waals surface area contributed by atoms with Crippen molar-refractivity contribution in [2.24, 2.45) is 0 Å². The number of hydrogen-bond donors (Lipinski definition) is 1. The van der Waals surface area contributed by atoms with E-state index in [0.717, 1.165) is 30.8 Å². The summed E-state index contributed by atoms with van der Waals surface area (Å²) in [4.78, 5) is 11.0. The van der Waals surface area contributed by atoms with E-state index in [-0.39, 0.29) is 0 Å². The Labute approximate surface area is 115 Å². The molecule has 1 aliphatic rings. The molecule has 1 saturated carbocycles. The summed E-state index contributed by atoms with van der Waals surface area (Å²) in [6, 6.07) is 2.60. The number of anilines is 1. The van der Waals surface area contributed by atoms with Crippen LogP contribution in [0.4, 0.5) is 5.82 Å². The van der Waals surface area contributed by atoms with Gasteiger partial charge in [-0.25, -0.2) is 4.98 Å². The molecule has 1 fully saturated rings. The normalized spacial score (nSPS) is 16.0. The van der Waals surface area contributed by atoms with E-state index >= 15 is 0 Å². The number of aromatic nitrogens is 2. The number of methoxy groups -OCH3 is 1. The van der Waals surface area contributed by atoms with Crippen LogP contribution in [0, 0.1) is 6.92 Å². The maximum Gasteiger partial charge on any atom is 0.218 e. The highest BCUT2D eigenvalue weighted by Gasteiger charge is 2.18. The molecule has 1 aromatic rings. The van der Waals surface area contributed by atoms with E-state index in [1.807, 2.05) is 13.0 Å². The number of ether oxygens (including phenoxy) is 1. The highest BCUT2D eigenvalue weighted by molar-refractivity contribution is 5.38. The van der Waals surface area contributed by atoms with Crippen molar-refractivity contribution in [1.82, 2.24) is 14.9 Å². The molecule has 0 bridgehead atoms. The van der Waals surface area contributed by atoms with Crippen molar-refractivity contribution in [1.29, 1.82) is 0 Å². The van der Waals surface area contributed by atoms with Gasteiger partial charge in [0, 0.05) is 25.2 Å². The lowest BCUT2D eigenvalue weighted by Crippen LogP contribution is -2.33. The summed E-state index contributed by atoms with van der Waals surface area (Å²) >= 11 is 0. The Balaban J connectivity index is 1.80. The van der Waals surface area contributed by atoms with Crippen LogP contribution in [0.5, 0.6) is 5.88 Å². The molecule has 0 radical (unpaired) electrons. The first-order valence-electron chi connectivity index (χ1n) is 7.03. The third-order valence-electron chi connectivity index (χ3n) is 3.74. The predicted octanol–water partition coefficient (Wildman–Crippen LogP) is 2.08. The Morgan fingerprint density at radius 3 is 2.79 bits per heavy atom. The second kappa shape index (κ2) is 6.70. The van der Waals surface area contributed by atoms with Crippen LogP contribution in [0.15, 0.2) is 6.07 Å². The van der Waals surface area contributed by atoms with Crippen LogP contribution in [0.1, 0.15) is 31.5 Å². The standard InChI is InChI=1S/C14H24N4O/c1-11-16-13(10-14(17-11)19-3)15-8-9-18(2)12-6-4-5-7-12/h10,12H,4-9H2,1-3H3,(H,15,16,17). The molecular formula is C14H24N4O. The molecule has 0 aromatic carbocycles. The van der Waals surface area contributed by atoms with Crippen LogP contribution >= 0.6 is 0 Å². The maximum absolute atomic E-state index is 5.14. The van der Waals surface area contributed by atoms with E-state index in [1.165, 1.54) is 25.7 Å². The Morgan fingerprint density at radius 1 is 1.37 bits per heavy atom. The molecule has 106 valence electrons. The average molecular weight is 264 g/mol. The number of hydrogen-bond acceptors (Lipinski definition) is 5. The van der Waals surface area contributed by atoms with Gasteiger partial charge in [0.25, 0.3) is 0 Å². The molecule has 5 nitrogen and oxygen atoms in total. The number of aryl methyl sites for hydroxylation is 1. The SMILES string of the molecule is COc1cc(NCCN(C)C2CCCC2)nc(C)n1. The number of rotatable bonds is 6. The fourth-order valence-corrected chi connectivity index (χ4v) is 2.62. The van der Waals surface area contributed by atoms with E-state index < -0.39 is 0 Å². The quantitative estimate of drug-likeness (QED) is 0.852. The second-order valence-corrected chi connectivity index (χ2v) is 5.19. The highest BCUT2D eigenvalue weighted by atomic mass is 16.5. The van der Waals surface area contributed by atoms with Gasteiger partial charge in [-0.05, 0) is 26.8 Å². The zero-order valence-corrected chi connectivity index (χ0v) is 12.1. The molecule has 0 spiro atoms. The van der Waals surface area contributed by atoms with Crippen molar-refractivity contribution in [3.63, 3.8) is 0 Å². The van der Waals surface area contributed by atoms with Crippen molar-refractivity contribution < 1.29 is 4.74 Å². The van der Waals surface area contributed by atoms with Crippen LogP contribution < -0.4 is 10.1 Å². The smallest absolute Gasteiger partial charge is 0.218 e. The maximum atomic E-state index is 5.14. The van der Waals surface area contributed by atoms with Crippen molar-refractivity contribution in [3.05, 3.63) is 11.9 Å². The molecule has 0 unspecified atom stereocenters. The molecular weight excluding hydrogens is 240 g/mol. The van der Waals surface area contributed by atoms with Crippen LogP contribution in [0.3, 0.4) is 0 Å². The van der Waals surface area contributed by atoms with E-state index in [0.29, 0.717) is 5.88 Å². The average Bonchev–Trinajstić information content (AvgIpc) is 2.92. The minimum absolute atomic E-state index is 0.610. The van der Waals surface area contributed by atoms with Gasteiger partial charge in [0.1, 0.15) is 11.6 Å². The molecule has 1 heterocycles. The summed E-state index contributed by atoms with van der Waals surface area (Å²) in [5, 5.41) is 3.34. The molecule has 1 aromatic heterocycles. The van der Waals surface area contributed by atoms with Gasteiger partial charge < -0.3 is 15.0 Å². The van der Waals surface area contributed by atoms with E-state index in [4.69, 9.17) is 4.74 Å². The molecule has 5 heteroatoms. The van der Waals surface area contributed by atoms with Gasteiger partial charge in [-0.15, -0.1) is 0 Å². The number of nitrogens with one attached hydrogen (secondary N) is 1. The minimum atomic E-state index is 0.610. The lowest BCUT2D eigenvalue weighted by molar-refractivity contribution is 0.254. The largest absolute Gasteiger partial charge is 0.481 e. The summed E-state index contributed by atoms with van der Waals surface area (Å²) in [5.74, 6) is 2.18. The molecule has 0 saturated heterocycles. The van der Waals surface area contributed by atoms with Crippen LogP contribution in [-0.2, 0) is 0 Å². The first kappa shape index (κ1) is 14.1. The van der Waals surface area contributed by atoms with E-state index in [2.05, 4.69) is 27.2 Å². The highest BCUT2D eigenvalue weighted by Crippen LogP contribution is 2.22. The Morgan fingerprint density at radius 2 is 2.11 bits per heavy atom. The number of likely N-dealkylation sites (N-methyl/N-ethyl adjacent to an activating group) is 1. The fraction of sp³-hybridized carbons (Fsp3) is 0.714. The zero-order chi connectivity index (χ0) is 13.7. The molecule has 2 rings (SSSR count). The van der Waals surface area contributed by atoms with E-state index in [9.17, 15) is 0 Å². The summed E-state index contributed by atoms with van der Waals surface area (Å²) in [7, 11) is 3.84. The number of nitrogens with zero attached hydrogens (tertiary/aromatic N) is 3. The van der Waals surface area contributed by atoms with Crippen LogP contribution in [0.25, 0.3) is 0 Å². The van der Waals surface area contributed by atoms with Crippen molar-refractivity contribution >= 4 is 5.82 Å². The topological polar surface area (TPSA) is 50.3 Å². The van der Waals surface area contributed by atoms with Gasteiger partial charge in [-0.2, -0.15) is 4.98 Å². The van der Waals surface area contributed by atoms with Gasteiger partial charge in [-0.1, -0.05) is 12.8 Å². The van der Waals surface area contributed by atoms with Gasteiger partial charge in [-0.3, -0.25) is 0 Å². The van der Waals surface area contributed by atoms with Crippen molar-refractivity contribution in [3.8, 4) is 5.88 Å². The molecule has 0 aliphatic heterocycles. The van der Waals surface area contributed by atoms with Crippen molar-refractivity contribution in [2.45, 2.75) is 38.6 Å². The molecule has 1 N–H and O–H groups in total. The van der Waals surface area contributed by atoms with E-state index in [1.54, 1.807) is 7.11 Å². The van der Waals surface area contributed by atoms with Gasteiger partial charge in [0.2, 0.25) is 5.88 Å². The second-order valence-electron chi connectivity index (χ2n) is 5.19. The third kappa shape index (κ3) is 4.06. The predicted molar refractivity (Wildman–Crippen MR) is 76.7 cm³/mol. The third-order valence-corrected chi connectivity index (χ3v) is 3.74. The molecule has 19 heavy (non-hydrogen) atoms. The van der Waals surface area contributed by atoms with Gasteiger partial charge in [0.05, 0.1) is 7.11 Å². The summed E-state index contributed by atoms with van der Waals surface area (Å²) in [6.07, 6.45) is 5.45. The fourth-order valence-electron chi connectivity index (χ4n) is 2.62. The minimum Gasteiger partial charge on any atom is -0.481 e. The molecule has 0 atom stereocenters. The Bertz CT molecular complexity index is 404. The lowest BCUT2D eigenvalue weighted by Gasteiger charge is -2.24. The summed E-state index contributed by atoms with van der Waals surface area (Å²) < 4.78 is 5.14. The van der Waals surface area contributed by atoms with Crippen molar-refractivity contribution in [2.75, 3.05) is 32.6 Å². The Kier molecular flexibility index (Phi) is 4.96. The molecule has 0 amide bonds. The monoisotopic (exact) mass is 264 g/mol. The van der Waals surface area contributed by atoms with Gasteiger partial charge >= 0.3 is 0 Å². The summed E-state index contributed by atoms with van der Waals surface area (Å²) in [5.41, 5.74) is 0. The van der Waals surface area contributed by atoms with Crippen LogP contribution in [-0.4, -0.2) is 48.2 Å². The van der Waals surface area contributed by atoms with Gasteiger partial charge in [0.15, 0.2) is 0 Å².